The highest BCUT2D eigenvalue weighted by Gasteiger charge is 2.45. The summed E-state index contributed by atoms with van der Waals surface area (Å²) in [6.45, 7) is 0.572. The Labute approximate surface area is 115 Å². The van der Waals surface area contributed by atoms with E-state index in [-0.39, 0.29) is 30.3 Å². The van der Waals surface area contributed by atoms with Gasteiger partial charge < -0.3 is 5.11 Å². The molecule has 7 nitrogen and oxygen atoms in total. The first-order chi connectivity index (χ1) is 9.61. The molecule has 0 aromatic heterocycles. The van der Waals surface area contributed by atoms with Gasteiger partial charge in [0.2, 0.25) is 5.91 Å². The van der Waals surface area contributed by atoms with Gasteiger partial charge in [-0.2, -0.15) is 0 Å². The summed E-state index contributed by atoms with van der Waals surface area (Å²) in [6.07, 6.45) is 1.11. The van der Waals surface area contributed by atoms with Crippen molar-refractivity contribution >= 4 is 11.6 Å². The molecule has 20 heavy (non-hydrogen) atoms. The smallest absolute Gasteiger partial charge is 0.269 e. The zero-order valence-electron chi connectivity index (χ0n) is 10.8. The monoisotopic (exact) mass is 277 g/mol. The van der Waals surface area contributed by atoms with E-state index in [9.17, 15) is 20.0 Å². The van der Waals surface area contributed by atoms with Crippen LogP contribution in [0.1, 0.15) is 24.4 Å². The van der Waals surface area contributed by atoms with Gasteiger partial charge in [0, 0.05) is 25.1 Å². The number of hydrogen-bond acceptors (Lipinski definition) is 5. The number of aliphatic hydroxyl groups excluding tert-OH is 1. The molecule has 7 heteroatoms. The third-order valence-electron chi connectivity index (χ3n) is 3.99. The number of nitrogens with zero attached hydrogens (tertiary/aromatic N) is 3. The van der Waals surface area contributed by atoms with Gasteiger partial charge in [0.05, 0.1) is 23.6 Å². The van der Waals surface area contributed by atoms with Crippen LogP contribution in [-0.4, -0.2) is 45.1 Å². The molecule has 106 valence electrons. The lowest BCUT2D eigenvalue weighted by Crippen LogP contribution is -2.40. The van der Waals surface area contributed by atoms with Gasteiger partial charge in [-0.3, -0.25) is 19.9 Å². The lowest BCUT2D eigenvalue weighted by Gasteiger charge is -2.26. The molecule has 2 aliphatic heterocycles. The molecule has 1 aromatic rings. The number of rotatable bonds is 3. The van der Waals surface area contributed by atoms with Gasteiger partial charge in [-0.05, 0) is 12.0 Å². The van der Waals surface area contributed by atoms with Crippen molar-refractivity contribution in [1.29, 1.82) is 0 Å². The van der Waals surface area contributed by atoms with Crippen molar-refractivity contribution < 1.29 is 14.8 Å². The molecule has 2 saturated heterocycles. The number of nitro groups is 1. The molecular weight excluding hydrogens is 262 g/mol. The minimum atomic E-state index is -0.430. The predicted octanol–water partition coefficient (Wildman–Crippen LogP) is 0.850. The Balaban J connectivity index is 1.87. The zero-order valence-corrected chi connectivity index (χ0v) is 10.8. The van der Waals surface area contributed by atoms with E-state index in [1.54, 1.807) is 17.1 Å². The van der Waals surface area contributed by atoms with E-state index in [4.69, 9.17) is 0 Å². The number of carbonyl (C=O) groups excluding carboxylic acids is 1. The number of fused-ring (bicyclic) bond motifs is 1. The third-order valence-corrected chi connectivity index (χ3v) is 3.99. The Morgan fingerprint density at radius 1 is 1.35 bits per heavy atom. The van der Waals surface area contributed by atoms with E-state index in [0.29, 0.717) is 19.4 Å². The molecule has 2 atom stereocenters. The van der Waals surface area contributed by atoms with Crippen molar-refractivity contribution in [2.45, 2.75) is 24.9 Å². The standard InChI is InChI=1S/C13H15N3O4/c17-8-11-7-12(14-6-5-13(18)15(11)14)9-1-3-10(4-2-9)16(19)20/h1-4,11-12,17H,5-8H2/t11-,12-/m1/s1. The molecule has 1 N–H and O–H groups in total. The van der Waals surface area contributed by atoms with E-state index >= 15 is 0 Å². The lowest BCUT2D eigenvalue weighted by atomic mass is 10.0. The molecule has 0 unspecified atom stereocenters. The summed E-state index contributed by atoms with van der Waals surface area (Å²) in [5.74, 6) is 0.0356. The normalized spacial score (nSPS) is 26.1. The maximum absolute atomic E-state index is 11.8. The molecule has 2 aliphatic rings. The van der Waals surface area contributed by atoms with Gasteiger partial charge in [-0.25, -0.2) is 5.01 Å². The van der Waals surface area contributed by atoms with Crippen LogP contribution in [0.4, 0.5) is 5.69 Å². The molecule has 0 saturated carbocycles. The number of hydrogen-bond donors (Lipinski definition) is 1. The number of aliphatic hydroxyl groups is 1. The molecule has 1 amide bonds. The van der Waals surface area contributed by atoms with Crippen LogP contribution >= 0.6 is 0 Å². The van der Waals surface area contributed by atoms with Crippen molar-refractivity contribution in [1.82, 2.24) is 10.0 Å². The Kier molecular flexibility index (Phi) is 3.15. The highest BCUT2D eigenvalue weighted by Crippen LogP contribution is 2.39. The Morgan fingerprint density at radius 3 is 2.65 bits per heavy atom. The van der Waals surface area contributed by atoms with E-state index in [2.05, 4.69) is 0 Å². The van der Waals surface area contributed by atoms with Crippen LogP contribution < -0.4 is 0 Å². The van der Waals surface area contributed by atoms with Crippen LogP contribution in [-0.2, 0) is 4.79 Å². The predicted molar refractivity (Wildman–Crippen MR) is 69.5 cm³/mol. The van der Waals surface area contributed by atoms with E-state index in [1.165, 1.54) is 12.1 Å². The van der Waals surface area contributed by atoms with Crippen molar-refractivity contribution in [3.8, 4) is 0 Å². The first-order valence-corrected chi connectivity index (χ1v) is 6.55. The second-order valence-electron chi connectivity index (χ2n) is 5.09. The first kappa shape index (κ1) is 13.0. The van der Waals surface area contributed by atoms with E-state index < -0.39 is 4.92 Å². The topological polar surface area (TPSA) is 86.9 Å². The van der Waals surface area contributed by atoms with Gasteiger partial charge in [0.1, 0.15) is 0 Å². The highest BCUT2D eigenvalue weighted by molar-refractivity contribution is 5.78. The maximum atomic E-state index is 11.8. The summed E-state index contributed by atoms with van der Waals surface area (Å²) in [5.41, 5.74) is 0.992. The fourth-order valence-corrected chi connectivity index (χ4v) is 3.05. The average Bonchev–Trinajstić information content (AvgIpc) is 3.00. The first-order valence-electron chi connectivity index (χ1n) is 6.55. The van der Waals surface area contributed by atoms with Crippen molar-refractivity contribution in [3.63, 3.8) is 0 Å². The molecule has 2 heterocycles. The average molecular weight is 277 g/mol. The molecule has 0 spiro atoms. The molecule has 0 radical (unpaired) electrons. The number of amides is 1. The van der Waals surface area contributed by atoms with Crippen LogP contribution in [0.15, 0.2) is 24.3 Å². The van der Waals surface area contributed by atoms with Crippen molar-refractivity contribution in [2.75, 3.05) is 13.2 Å². The second-order valence-corrected chi connectivity index (χ2v) is 5.09. The summed E-state index contributed by atoms with van der Waals surface area (Å²) < 4.78 is 0. The highest BCUT2D eigenvalue weighted by atomic mass is 16.6. The van der Waals surface area contributed by atoms with Gasteiger partial charge in [0.15, 0.2) is 0 Å². The maximum Gasteiger partial charge on any atom is 0.269 e. The third kappa shape index (κ3) is 1.95. The van der Waals surface area contributed by atoms with Crippen LogP contribution in [0, 0.1) is 10.1 Å². The number of hydrazine groups is 1. The Hall–Kier alpha value is -1.99. The summed E-state index contributed by atoms with van der Waals surface area (Å²) in [5, 5.41) is 23.7. The van der Waals surface area contributed by atoms with Gasteiger partial charge in [0.25, 0.3) is 5.69 Å². The molecule has 2 fully saturated rings. The molecule has 3 rings (SSSR count). The fraction of sp³-hybridized carbons (Fsp3) is 0.462. The van der Waals surface area contributed by atoms with Crippen molar-refractivity contribution in [3.05, 3.63) is 39.9 Å². The largest absolute Gasteiger partial charge is 0.394 e. The Bertz CT molecular complexity index is 545. The fourth-order valence-electron chi connectivity index (χ4n) is 3.05. The summed E-state index contributed by atoms with van der Waals surface area (Å²) in [4.78, 5) is 22.1. The minimum absolute atomic E-state index is 0.000552. The summed E-state index contributed by atoms with van der Waals surface area (Å²) in [6, 6.07) is 6.21. The second kappa shape index (κ2) is 4.84. The van der Waals surface area contributed by atoms with Crippen LogP contribution in [0.25, 0.3) is 0 Å². The zero-order chi connectivity index (χ0) is 14.3. The van der Waals surface area contributed by atoms with E-state index in [1.807, 2.05) is 5.01 Å². The number of nitro benzene ring substituents is 1. The van der Waals surface area contributed by atoms with E-state index in [0.717, 1.165) is 5.56 Å². The number of carbonyl (C=O) groups is 1. The molecular formula is C13H15N3O4. The summed E-state index contributed by atoms with van der Waals surface area (Å²) in [7, 11) is 0. The Morgan fingerprint density at radius 2 is 2.05 bits per heavy atom. The lowest BCUT2D eigenvalue weighted by molar-refractivity contribution is -0.384. The van der Waals surface area contributed by atoms with Gasteiger partial charge >= 0.3 is 0 Å². The minimum Gasteiger partial charge on any atom is -0.394 e. The van der Waals surface area contributed by atoms with Crippen LogP contribution in [0.5, 0.6) is 0 Å². The molecule has 1 aromatic carbocycles. The summed E-state index contributed by atoms with van der Waals surface area (Å²) >= 11 is 0. The van der Waals surface area contributed by atoms with Gasteiger partial charge in [-0.15, -0.1) is 0 Å². The molecule has 0 aliphatic carbocycles. The van der Waals surface area contributed by atoms with Crippen LogP contribution in [0.3, 0.4) is 0 Å². The van der Waals surface area contributed by atoms with Crippen LogP contribution in [0.2, 0.25) is 0 Å². The SMILES string of the molecule is O=C1CCN2[C@@H](c3ccc([N+](=O)[O-])cc3)C[C@H](CO)N12. The van der Waals surface area contributed by atoms with Gasteiger partial charge in [-0.1, -0.05) is 12.1 Å². The van der Waals surface area contributed by atoms with Crippen molar-refractivity contribution in [2.24, 2.45) is 0 Å². The number of non-ortho nitro benzene ring substituents is 1. The number of benzene rings is 1. The molecule has 0 bridgehead atoms. The quantitative estimate of drug-likeness (QED) is 0.653.